The Hall–Kier alpha value is -3.16. The van der Waals surface area contributed by atoms with Crippen LogP contribution in [-0.2, 0) is 0 Å². The second-order valence-electron chi connectivity index (χ2n) is 8.11. The average molecular weight is 483 g/mol. The topological polar surface area (TPSA) is 75.7 Å². The first kappa shape index (κ1) is 23.0. The van der Waals surface area contributed by atoms with E-state index in [-0.39, 0.29) is 27.7 Å². The molecule has 0 saturated carbocycles. The summed E-state index contributed by atoms with van der Waals surface area (Å²) < 4.78 is 7.12. The Morgan fingerprint density at radius 3 is 2.36 bits per heavy atom. The molecule has 0 radical (unpaired) electrons. The van der Waals surface area contributed by atoms with Gasteiger partial charge in [0.1, 0.15) is 15.9 Å². The van der Waals surface area contributed by atoms with E-state index >= 15 is 0 Å². The number of nitrogens with zero attached hydrogens (tertiary/aromatic N) is 2. The summed E-state index contributed by atoms with van der Waals surface area (Å²) in [6.45, 7) is 3.78. The van der Waals surface area contributed by atoms with Crippen molar-refractivity contribution in [3.05, 3.63) is 80.4 Å². The minimum absolute atomic E-state index is 0.0264. The summed E-state index contributed by atoms with van der Waals surface area (Å²) >= 11 is 7.04. The van der Waals surface area contributed by atoms with Crippen molar-refractivity contribution in [1.82, 2.24) is 4.57 Å². The van der Waals surface area contributed by atoms with Gasteiger partial charge in [0.2, 0.25) is 0 Å². The first-order chi connectivity index (χ1) is 15.7. The van der Waals surface area contributed by atoms with E-state index in [0.717, 1.165) is 23.0 Å². The van der Waals surface area contributed by atoms with Crippen molar-refractivity contribution in [2.75, 3.05) is 19.0 Å². The predicted octanol–water partition coefficient (Wildman–Crippen LogP) is 5.78. The van der Waals surface area contributed by atoms with Crippen molar-refractivity contribution >= 4 is 40.0 Å². The molecule has 0 aliphatic heterocycles. The molecule has 0 amide bonds. The zero-order valence-corrected chi connectivity index (χ0v) is 20.2. The molecule has 0 saturated heterocycles. The monoisotopic (exact) mass is 482 g/mol. The van der Waals surface area contributed by atoms with E-state index in [1.165, 1.54) is 0 Å². The molecule has 6 nitrogen and oxygen atoms in total. The van der Waals surface area contributed by atoms with E-state index in [9.17, 15) is 14.7 Å². The highest BCUT2D eigenvalue weighted by molar-refractivity contribution is 7.99. The van der Waals surface area contributed by atoms with Crippen molar-refractivity contribution in [2.45, 2.75) is 29.7 Å². The Bertz CT molecular complexity index is 1460. The van der Waals surface area contributed by atoms with Gasteiger partial charge in [0.15, 0.2) is 5.75 Å². The summed E-state index contributed by atoms with van der Waals surface area (Å²) in [4.78, 5) is 28.8. The molecule has 2 heterocycles. The lowest BCUT2D eigenvalue weighted by atomic mass is 10.1. The zero-order valence-electron chi connectivity index (χ0n) is 18.6. The fourth-order valence-corrected chi connectivity index (χ4v) is 4.81. The van der Waals surface area contributed by atoms with E-state index in [1.54, 1.807) is 34.9 Å². The van der Waals surface area contributed by atoms with Gasteiger partial charge in [-0.1, -0.05) is 41.6 Å². The maximum Gasteiger partial charge on any atom is 0.354 e. The first-order valence-corrected chi connectivity index (χ1v) is 11.5. The molecule has 0 bridgehead atoms. The zero-order chi connectivity index (χ0) is 23.9. The largest absolute Gasteiger partial charge is 0.505 e. The lowest BCUT2D eigenvalue weighted by molar-refractivity contribution is 0.445. The van der Waals surface area contributed by atoms with Crippen molar-refractivity contribution in [3.63, 3.8) is 0 Å². The Morgan fingerprint density at radius 1 is 1.06 bits per heavy atom. The molecule has 0 unspecified atom stereocenters. The SMILES string of the molecule is CC(C)n1c(-c2ccc(N(C)C)cc2)cc2oc(=O)c(Sc3cccc(Cl)c3)c(O)c2c1=O. The smallest absolute Gasteiger partial charge is 0.354 e. The second kappa shape index (κ2) is 9.00. The Kier molecular flexibility index (Phi) is 6.28. The van der Waals surface area contributed by atoms with E-state index in [2.05, 4.69) is 0 Å². The van der Waals surface area contributed by atoms with Gasteiger partial charge < -0.3 is 19.0 Å². The quantitative estimate of drug-likeness (QED) is 0.388. The molecule has 8 heteroatoms. The van der Waals surface area contributed by atoms with Crippen molar-refractivity contribution in [2.24, 2.45) is 0 Å². The number of rotatable bonds is 5. The van der Waals surface area contributed by atoms with Gasteiger partial charge in [0.05, 0.1) is 5.69 Å². The third-order valence-corrected chi connectivity index (χ3v) is 6.55. The maximum absolute atomic E-state index is 13.5. The third kappa shape index (κ3) is 4.38. The molecular formula is C25H23ClN2O4S. The molecule has 170 valence electrons. The van der Waals surface area contributed by atoms with Gasteiger partial charge in [0.25, 0.3) is 5.56 Å². The highest BCUT2D eigenvalue weighted by Crippen LogP contribution is 2.37. The average Bonchev–Trinajstić information content (AvgIpc) is 2.76. The van der Waals surface area contributed by atoms with Gasteiger partial charge in [-0.2, -0.15) is 0 Å². The van der Waals surface area contributed by atoms with Crippen LogP contribution in [0.4, 0.5) is 5.69 Å². The first-order valence-electron chi connectivity index (χ1n) is 10.3. The number of pyridine rings is 1. The van der Waals surface area contributed by atoms with Crippen LogP contribution in [0.3, 0.4) is 0 Å². The molecule has 2 aromatic carbocycles. The number of halogens is 1. The van der Waals surface area contributed by atoms with E-state index < -0.39 is 11.2 Å². The summed E-state index contributed by atoms with van der Waals surface area (Å²) in [5.41, 5.74) is 1.31. The standard InChI is InChI=1S/C25H23ClN2O4S/c1-14(2)28-19(15-8-10-17(11-9-15)27(3)4)13-20-21(24(28)30)22(29)23(25(31)32-20)33-18-7-5-6-16(26)12-18/h5-14,29H,1-4H3. The van der Waals surface area contributed by atoms with Gasteiger partial charge in [-0.25, -0.2) is 4.79 Å². The summed E-state index contributed by atoms with van der Waals surface area (Å²) in [6, 6.07) is 16.0. The van der Waals surface area contributed by atoms with Crippen LogP contribution in [0, 0.1) is 0 Å². The minimum atomic E-state index is -0.722. The molecular weight excluding hydrogens is 460 g/mol. The third-order valence-electron chi connectivity index (χ3n) is 5.26. The van der Waals surface area contributed by atoms with Crippen LogP contribution >= 0.6 is 23.4 Å². The Balaban J connectivity index is 1.94. The second-order valence-corrected chi connectivity index (χ2v) is 9.63. The van der Waals surface area contributed by atoms with Crippen LogP contribution < -0.4 is 16.1 Å². The number of anilines is 1. The number of hydrogen-bond donors (Lipinski definition) is 1. The number of benzene rings is 2. The lowest BCUT2D eigenvalue weighted by Gasteiger charge is -2.19. The van der Waals surface area contributed by atoms with Gasteiger partial charge in [-0.3, -0.25) is 4.79 Å². The van der Waals surface area contributed by atoms with Crippen LogP contribution in [0.2, 0.25) is 5.02 Å². The summed E-state index contributed by atoms with van der Waals surface area (Å²) in [5, 5.41) is 11.4. The predicted molar refractivity (Wildman–Crippen MR) is 134 cm³/mol. The number of hydrogen-bond acceptors (Lipinski definition) is 6. The molecule has 0 fully saturated rings. The van der Waals surface area contributed by atoms with Crippen LogP contribution in [0.15, 0.2) is 78.4 Å². The fourth-order valence-electron chi connectivity index (χ4n) is 3.66. The fraction of sp³-hybridized carbons (Fsp3) is 0.200. The van der Waals surface area contributed by atoms with Crippen LogP contribution in [0.5, 0.6) is 5.75 Å². The number of fused-ring (bicyclic) bond motifs is 1. The van der Waals surface area contributed by atoms with Crippen molar-refractivity contribution in [1.29, 1.82) is 0 Å². The van der Waals surface area contributed by atoms with Crippen LogP contribution in [-0.4, -0.2) is 23.8 Å². The number of aromatic hydroxyl groups is 1. The van der Waals surface area contributed by atoms with E-state index in [4.69, 9.17) is 16.0 Å². The van der Waals surface area contributed by atoms with E-state index in [1.807, 2.05) is 57.1 Å². The highest BCUT2D eigenvalue weighted by atomic mass is 35.5. The molecule has 33 heavy (non-hydrogen) atoms. The van der Waals surface area contributed by atoms with Crippen LogP contribution in [0.1, 0.15) is 19.9 Å². The van der Waals surface area contributed by atoms with Crippen molar-refractivity contribution in [3.8, 4) is 17.0 Å². The lowest BCUT2D eigenvalue weighted by Crippen LogP contribution is -2.24. The van der Waals surface area contributed by atoms with Crippen molar-refractivity contribution < 1.29 is 9.52 Å². The summed E-state index contributed by atoms with van der Waals surface area (Å²) in [7, 11) is 3.90. The summed E-state index contributed by atoms with van der Waals surface area (Å²) in [6.07, 6.45) is 0. The maximum atomic E-state index is 13.5. The highest BCUT2D eigenvalue weighted by Gasteiger charge is 2.22. The molecule has 4 rings (SSSR count). The molecule has 0 aliphatic rings. The molecule has 2 aromatic heterocycles. The normalized spacial score (nSPS) is 11.3. The minimum Gasteiger partial charge on any atom is -0.505 e. The Labute approximate surface area is 200 Å². The Morgan fingerprint density at radius 2 is 1.76 bits per heavy atom. The molecule has 1 N–H and O–H groups in total. The van der Waals surface area contributed by atoms with Gasteiger partial charge >= 0.3 is 5.63 Å². The molecule has 0 aliphatic carbocycles. The molecule has 0 atom stereocenters. The van der Waals surface area contributed by atoms with Gasteiger partial charge in [-0.05, 0) is 49.7 Å². The van der Waals surface area contributed by atoms with Gasteiger partial charge in [-0.15, -0.1) is 0 Å². The van der Waals surface area contributed by atoms with Gasteiger partial charge in [0, 0.05) is 41.8 Å². The molecule has 4 aromatic rings. The molecule has 0 spiro atoms. The van der Waals surface area contributed by atoms with Crippen LogP contribution in [0.25, 0.3) is 22.2 Å². The van der Waals surface area contributed by atoms with E-state index in [0.29, 0.717) is 15.6 Å². The number of aromatic nitrogens is 1. The summed E-state index contributed by atoms with van der Waals surface area (Å²) in [5.74, 6) is -0.389.